The fourth-order valence-corrected chi connectivity index (χ4v) is 4.58. The van der Waals surface area contributed by atoms with Crippen molar-refractivity contribution in [2.75, 3.05) is 32.1 Å². The number of thiophene rings is 1. The Hall–Kier alpha value is 0.260. The molecule has 2 unspecified atom stereocenters. The van der Waals surface area contributed by atoms with Crippen molar-refractivity contribution < 1.29 is 0 Å². The molecule has 16 heavy (non-hydrogen) atoms. The van der Waals surface area contributed by atoms with Crippen LogP contribution in [-0.4, -0.2) is 43.1 Å². The standard InChI is InChI=1S/C11H17ClN2S2/c1-13-11(9-3-4-10(12)16-9)8-7-15-6-5-14(8)2/h3-4,8,11,13H,5-7H2,1-2H3. The Bertz CT molecular complexity index is 342. The average molecular weight is 277 g/mol. The lowest BCUT2D eigenvalue weighted by atomic mass is 10.1. The minimum Gasteiger partial charge on any atom is -0.311 e. The molecule has 0 aliphatic carbocycles. The summed E-state index contributed by atoms with van der Waals surface area (Å²) in [6, 6.07) is 5.09. The monoisotopic (exact) mass is 276 g/mol. The molecule has 2 atom stereocenters. The first-order valence-electron chi connectivity index (χ1n) is 5.43. The number of hydrogen-bond donors (Lipinski definition) is 1. The summed E-state index contributed by atoms with van der Waals surface area (Å²) >= 11 is 9.73. The van der Waals surface area contributed by atoms with Crippen molar-refractivity contribution in [2.45, 2.75) is 12.1 Å². The molecule has 1 aromatic heterocycles. The second-order valence-electron chi connectivity index (χ2n) is 4.03. The van der Waals surface area contributed by atoms with E-state index in [9.17, 15) is 0 Å². The third kappa shape index (κ3) is 2.74. The quantitative estimate of drug-likeness (QED) is 0.914. The second kappa shape index (κ2) is 5.74. The first-order chi connectivity index (χ1) is 7.72. The molecule has 1 saturated heterocycles. The number of thioether (sulfide) groups is 1. The third-order valence-electron chi connectivity index (χ3n) is 3.04. The highest BCUT2D eigenvalue weighted by molar-refractivity contribution is 7.99. The fraction of sp³-hybridized carbons (Fsp3) is 0.636. The van der Waals surface area contributed by atoms with Crippen LogP contribution < -0.4 is 5.32 Å². The van der Waals surface area contributed by atoms with Gasteiger partial charge in [0.25, 0.3) is 0 Å². The molecule has 0 amide bonds. The van der Waals surface area contributed by atoms with E-state index >= 15 is 0 Å². The molecule has 90 valence electrons. The van der Waals surface area contributed by atoms with Crippen molar-refractivity contribution in [1.82, 2.24) is 10.2 Å². The van der Waals surface area contributed by atoms with Gasteiger partial charge in [0.05, 0.1) is 10.4 Å². The molecule has 5 heteroatoms. The predicted octanol–water partition coefficient (Wildman–Crippen LogP) is 2.71. The number of rotatable bonds is 3. The highest BCUT2D eigenvalue weighted by Gasteiger charge is 2.28. The molecule has 0 spiro atoms. The van der Waals surface area contributed by atoms with E-state index in [1.165, 1.54) is 22.9 Å². The minimum absolute atomic E-state index is 0.398. The van der Waals surface area contributed by atoms with Gasteiger partial charge in [0.2, 0.25) is 0 Å². The highest BCUT2D eigenvalue weighted by Crippen LogP contribution is 2.32. The Balaban J connectivity index is 2.14. The maximum absolute atomic E-state index is 6.01. The van der Waals surface area contributed by atoms with Gasteiger partial charge in [-0.25, -0.2) is 0 Å². The van der Waals surface area contributed by atoms with E-state index in [1.54, 1.807) is 11.3 Å². The lowest BCUT2D eigenvalue weighted by Gasteiger charge is -2.37. The van der Waals surface area contributed by atoms with Crippen molar-refractivity contribution in [2.24, 2.45) is 0 Å². The number of halogens is 1. The maximum Gasteiger partial charge on any atom is 0.0931 e. The summed E-state index contributed by atoms with van der Waals surface area (Å²) < 4.78 is 0.876. The molecule has 1 aliphatic heterocycles. The molecule has 1 fully saturated rings. The smallest absolute Gasteiger partial charge is 0.0931 e. The summed E-state index contributed by atoms with van der Waals surface area (Å²) in [5.74, 6) is 2.44. The summed E-state index contributed by atoms with van der Waals surface area (Å²) in [6.07, 6.45) is 0. The highest BCUT2D eigenvalue weighted by atomic mass is 35.5. The van der Waals surface area contributed by atoms with Gasteiger partial charge in [0.15, 0.2) is 0 Å². The topological polar surface area (TPSA) is 15.3 Å². The van der Waals surface area contributed by atoms with Crippen LogP contribution in [0.3, 0.4) is 0 Å². The van der Waals surface area contributed by atoms with Gasteiger partial charge in [-0.2, -0.15) is 11.8 Å². The minimum atomic E-state index is 0.398. The molecule has 2 heterocycles. The van der Waals surface area contributed by atoms with Crippen LogP contribution in [0, 0.1) is 0 Å². The number of nitrogens with zero attached hydrogens (tertiary/aromatic N) is 1. The Morgan fingerprint density at radius 3 is 2.94 bits per heavy atom. The SMILES string of the molecule is CNC(c1ccc(Cl)s1)C1CSCCN1C. The van der Waals surface area contributed by atoms with Crippen molar-refractivity contribution in [1.29, 1.82) is 0 Å². The van der Waals surface area contributed by atoms with E-state index < -0.39 is 0 Å². The first kappa shape index (κ1) is 12.7. The zero-order valence-corrected chi connectivity index (χ0v) is 12.0. The zero-order chi connectivity index (χ0) is 11.5. The van der Waals surface area contributed by atoms with E-state index in [0.717, 1.165) is 4.34 Å². The van der Waals surface area contributed by atoms with Crippen LogP contribution in [0.4, 0.5) is 0 Å². The molecule has 0 radical (unpaired) electrons. The fourth-order valence-electron chi connectivity index (χ4n) is 2.08. The van der Waals surface area contributed by atoms with Crippen LogP contribution >= 0.6 is 34.7 Å². The van der Waals surface area contributed by atoms with Gasteiger partial charge in [0, 0.05) is 29.0 Å². The van der Waals surface area contributed by atoms with Crippen LogP contribution in [-0.2, 0) is 0 Å². The Kier molecular flexibility index (Phi) is 4.56. The second-order valence-corrected chi connectivity index (χ2v) is 6.93. The Morgan fingerprint density at radius 1 is 1.56 bits per heavy atom. The van der Waals surface area contributed by atoms with Gasteiger partial charge in [-0.15, -0.1) is 11.3 Å². The van der Waals surface area contributed by atoms with Gasteiger partial charge in [-0.05, 0) is 26.2 Å². The largest absolute Gasteiger partial charge is 0.311 e. The van der Waals surface area contributed by atoms with Crippen LogP contribution in [0.5, 0.6) is 0 Å². The normalized spacial score (nSPS) is 24.6. The van der Waals surface area contributed by atoms with E-state index in [0.29, 0.717) is 12.1 Å². The van der Waals surface area contributed by atoms with E-state index in [-0.39, 0.29) is 0 Å². The van der Waals surface area contributed by atoms with E-state index in [4.69, 9.17) is 11.6 Å². The van der Waals surface area contributed by atoms with Crippen LogP contribution in [0.25, 0.3) is 0 Å². The summed E-state index contributed by atoms with van der Waals surface area (Å²) in [4.78, 5) is 3.79. The molecule has 1 aliphatic rings. The zero-order valence-electron chi connectivity index (χ0n) is 9.57. The first-order valence-corrected chi connectivity index (χ1v) is 7.77. The van der Waals surface area contributed by atoms with Crippen molar-refractivity contribution >= 4 is 34.7 Å². The Labute approximate surface area is 110 Å². The number of hydrogen-bond acceptors (Lipinski definition) is 4. The Morgan fingerprint density at radius 2 is 2.38 bits per heavy atom. The average Bonchev–Trinajstić information content (AvgIpc) is 2.69. The molecular formula is C11H17ClN2S2. The third-order valence-corrected chi connectivity index (χ3v) is 5.40. The van der Waals surface area contributed by atoms with E-state index in [1.807, 2.05) is 24.9 Å². The van der Waals surface area contributed by atoms with Crippen molar-refractivity contribution in [3.63, 3.8) is 0 Å². The summed E-state index contributed by atoms with van der Waals surface area (Å²) in [7, 11) is 4.25. The molecule has 0 saturated carbocycles. The number of likely N-dealkylation sites (N-methyl/N-ethyl adjacent to an activating group) is 2. The van der Waals surface area contributed by atoms with Gasteiger partial charge in [0.1, 0.15) is 0 Å². The molecule has 0 aromatic carbocycles. The lowest BCUT2D eigenvalue weighted by molar-refractivity contribution is 0.223. The van der Waals surface area contributed by atoms with Crippen LogP contribution in [0.2, 0.25) is 4.34 Å². The van der Waals surface area contributed by atoms with Crippen LogP contribution in [0.15, 0.2) is 12.1 Å². The van der Waals surface area contributed by atoms with Crippen molar-refractivity contribution in [3.05, 3.63) is 21.3 Å². The molecule has 0 bridgehead atoms. The van der Waals surface area contributed by atoms with Crippen LogP contribution in [0.1, 0.15) is 10.9 Å². The van der Waals surface area contributed by atoms with Gasteiger partial charge < -0.3 is 5.32 Å². The van der Waals surface area contributed by atoms with Gasteiger partial charge in [-0.1, -0.05) is 11.6 Å². The number of nitrogens with one attached hydrogen (secondary N) is 1. The summed E-state index contributed by atoms with van der Waals surface area (Å²) in [6.45, 7) is 1.17. The molecular weight excluding hydrogens is 260 g/mol. The predicted molar refractivity (Wildman–Crippen MR) is 74.9 cm³/mol. The van der Waals surface area contributed by atoms with E-state index in [2.05, 4.69) is 23.3 Å². The van der Waals surface area contributed by atoms with Gasteiger partial charge in [-0.3, -0.25) is 4.90 Å². The van der Waals surface area contributed by atoms with Gasteiger partial charge >= 0.3 is 0 Å². The lowest BCUT2D eigenvalue weighted by Crippen LogP contribution is -2.46. The molecule has 2 rings (SSSR count). The summed E-state index contributed by atoms with van der Waals surface area (Å²) in [5.41, 5.74) is 0. The maximum atomic E-state index is 6.01. The molecule has 2 nitrogen and oxygen atoms in total. The molecule has 1 N–H and O–H groups in total. The van der Waals surface area contributed by atoms with Crippen molar-refractivity contribution in [3.8, 4) is 0 Å². The molecule has 1 aromatic rings. The summed E-state index contributed by atoms with van der Waals surface area (Å²) in [5, 5.41) is 3.43.